The summed E-state index contributed by atoms with van der Waals surface area (Å²) in [7, 11) is 0. The molecule has 0 spiro atoms. The second-order valence-electron chi connectivity index (χ2n) is 4.17. The standard InChI is InChI=1S/C11H15F2N3OS/c1-6-5-18-11-15-7(2)8(16(6)11)3-14-4-9(17)10(12)13/h5,9-10,14,17H,3-4H2,1-2H3. The number of imidazole rings is 1. The van der Waals surface area contributed by atoms with Gasteiger partial charge in [0.1, 0.15) is 6.10 Å². The van der Waals surface area contributed by atoms with E-state index in [0.29, 0.717) is 6.54 Å². The van der Waals surface area contributed by atoms with E-state index >= 15 is 0 Å². The lowest BCUT2D eigenvalue weighted by atomic mass is 10.3. The maximum Gasteiger partial charge on any atom is 0.265 e. The molecule has 100 valence electrons. The van der Waals surface area contributed by atoms with Crippen LogP contribution in [-0.4, -0.2) is 33.6 Å². The van der Waals surface area contributed by atoms with Gasteiger partial charge < -0.3 is 10.4 Å². The Morgan fingerprint density at radius 3 is 2.89 bits per heavy atom. The summed E-state index contributed by atoms with van der Waals surface area (Å²) in [5.74, 6) is 0. The predicted molar refractivity (Wildman–Crippen MR) is 66.3 cm³/mol. The lowest BCUT2D eigenvalue weighted by molar-refractivity contribution is -0.00345. The van der Waals surface area contributed by atoms with Gasteiger partial charge in [-0.3, -0.25) is 4.40 Å². The normalized spacial score (nSPS) is 13.7. The van der Waals surface area contributed by atoms with Gasteiger partial charge in [-0.2, -0.15) is 0 Å². The number of nitrogens with one attached hydrogen (secondary N) is 1. The first-order chi connectivity index (χ1) is 8.50. The van der Waals surface area contributed by atoms with Gasteiger partial charge in [0.05, 0.1) is 11.4 Å². The summed E-state index contributed by atoms with van der Waals surface area (Å²) in [6, 6.07) is 0. The van der Waals surface area contributed by atoms with Crippen LogP contribution < -0.4 is 5.32 Å². The summed E-state index contributed by atoms with van der Waals surface area (Å²) >= 11 is 1.55. The van der Waals surface area contributed by atoms with Crippen molar-refractivity contribution in [1.82, 2.24) is 14.7 Å². The lowest BCUT2D eigenvalue weighted by Crippen LogP contribution is -2.32. The number of hydrogen-bond acceptors (Lipinski definition) is 4. The minimum atomic E-state index is -2.72. The highest BCUT2D eigenvalue weighted by molar-refractivity contribution is 7.15. The fourth-order valence-corrected chi connectivity index (χ4v) is 2.73. The topological polar surface area (TPSA) is 49.6 Å². The summed E-state index contributed by atoms with van der Waals surface area (Å²) in [6.07, 6.45) is -4.34. The molecule has 0 saturated carbocycles. The van der Waals surface area contributed by atoms with Crippen LogP contribution >= 0.6 is 11.3 Å². The molecule has 2 heterocycles. The van der Waals surface area contributed by atoms with Crippen molar-refractivity contribution in [2.24, 2.45) is 0 Å². The summed E-state index contributed by atoms with van der Waals surface area (Å²) in [5, 5.41) is 13.9. The third-order valence-electron chi connectivity index (χ3n) is 2.77. The smallest absolute Gasteiger partial charge is 0.265 e. The van der Waals surface area contributed by atoms with Gasteiger partial charge in [0.2, 0.25) is 0 Å². The zero-order valence-corrected chi connectivity index (χ0v) is 11.0. The molecule has 4 nitrogen and oxygen atoms in total. The Bertz CT molecular complexity index is 538. The number of aliphatic hydroxyl groups is 1. The van der Waals surface area contributed by atoms with Gasteiger partial charge >= 0.3 is 0 Å². The number of aryl methyl sites for hydroxylation is 2. The van der Waals surface area contributed by atoms with Gasteiger partial charge in [-0.05, 0) is 13.8 Å². The van der Waals surface area contributed by atoms with Crippen molar-refractivity contribution in [3.8, 4) is 0 Å². The second kappa shape index (κ2) is 5.29. The highest BCUT2D eigenvalue weighted by Crippen LogP contribution is 2.20. The molecule has 1 atom stereocenters. The van der Waals surface area contributed by atoms with Gasteiger partial charge in [0, 0.05) is 24.2 Å². The molecule has 0 aliphatic carbocycles. The highest BCUT2D eigenvalue weighted by Gasteiger charge is 2.17. The van der Waals surface area contributed by atoms with Crippen molar-refractivity contribution in [2.45, 2.75) is 32.9 Å². The molecule has 0 radical (unpaired) electrons. The minimum Gasteiger partial charge on any atom is -0.386 e. The average Bonchev–Trinajstić information content (AvgIpc) is 2.80. The number of halogens is 2. The number of rotatable bonds is 5. The fraction of sp³-hybridized carbons (Fsp3) is 0.545. The molecular formula is C11H15F2N3OS. The van der Waals surface area contributed by atoms with Crippen LogP contribution in [-0.2, 0) is 6.54 Å². The number of aliphatic hydroxyl groups excluding tert-OH is 1. The van der Waals surface area contributed by atoms with Crippen molar-refractivity contribution in [2.75, 3.05) is 6.54 Å². The lowest BCUT2D eigenvalue weighted by Gasteiger charge is -2.10. The minimum absolute atomic E-state index is 0.131. The SMILES string of the molecule is Cc1nc2scc(C)n2c1CNCC(O)C(F)F. The average molecular weight is 275 g/mol. The molecule has 0 fully saturated rings. The zero-order valence-electron chi connectivity index (χ0n) is 10.2. The molecule has 2 aromatic rings. The third kappa shape index (κ3) is 2.52. The van der Waals surface area contributed by atoms with Gasteiger partial charge in [-0.1, -0.05) is 0 Å². The summed E-state index contributed by atoms with van der Waals surface area (Å²) in [5.41, 5.74) is 2.90. The third-order valence-corrected chi connectivity index (χ3v) is 3.71. The molecule has 2 N–H and O–H groups in total. The predicted octanol–water partition coefficient (Wildman–Crippen LogP) is 1.73. The zero-order chi connectivity index (χ0) is 13.3. The molecule has 0 bridgehead atoms. The molecular weight excluding hydrogens is 260 g/mol. The van der Waals surface area contributed by atoms with E-state index in [4.69, 9.17) is 5.11 Å². The van der Waals surface area contributed by atoms with Crippen molar-refractivity contribution in [3.05, 3.63) is 22.5 Å². The Hall–Kier alpha value is -1.05. The number of alkyl halides is 2. The molecule has 0 aliphatic rings. The Morgan fingerprint density at radius 2 is 2.22 bits per heavy atom. The molecule has 0 aliphatic heterocycles. The van der Waals surface area contributed by atoms with Gasteiger partial charge in [0.15, 0.2) is 4.96 Å². The summed E-state index contributed by atoms with van der Waals surface area (Å²) < 4.78 is 26.3. The quantitative estimate of drug-likeness (QED) is 0.873. The highest BCUT2D eigenvalue weighted by atomic mass is 32.1. The molecule has 1 unspecified atom stereocenters. The largest absolute Gasteiger partial charge is 0.386 e. The van der Waals surface area contributed by atoms with E-state index < -0.39 is 12.5 Å². The summed E-state index contributed by atoms with van der Waals surface area (Å²) in [4.78, 5) is 5.30. The van der Waals surface area contributed by atoms with Crippen LogP contribution in [0.3, 0.4) is 0 Å². The van der Waals surface area contributed by atoms with Crippen LogP contribution in [0.1, 0.15) is 17.1 Å². The van der Waals surface area contributed by atoms with Crippen molar-refractivity contribution < 1.29 is 13.9 Å². The van der Waals surface area contributed by atoms with Crippen LogP contribution in [0, 0.1) is 13.8 Å². The van der Waals surface area contributed by atoms with Crippen molar-refractivity contribution in [1.29, 1.82) is 0 Å². The molecule has 18 heavy (non-hydrogen) atoms. The first-order valence-electron chi connectivity index (χ1n) is 5.59. The number of fused-ring (bicyclic) bond motifs is 1. The van der Waals surface area contributed by atoms with E-state index in [0.717, 1.165) is 22.0 Å². The molecule has 0 aromatic carbocycles. The fourth-order valence-electron chi connectivity index (χ4n) is 1.80. The Kier molecular flexibility index (Phi) is 3.94. The maximum absolute atomic E-state index is 12.1. The number of thiazole rings is 1. The van der Waals surface area contributed by atoms with E-state index in [1.807, 2.05) is 23.6 Å². The first kappa shape index (κ1) is 13.4. The van der Waals surface area contributed by atoms with E-state index in [1.165, 1.54) is 0 Å². The van der Waals surface area contributed by atoms with Gasteiger partial charge in [-0.25, -0.2) is 13.8 Å². The number of aromatic nitrogens is 2. The Morgan fingerprint density at radius 1 is 1.50 bits per heavy atom. The van der Waals surface area contributed by atoms with E-state index in [1.54, 1.807) is 11.3 Å². The van der Waals surface area contributed by atoms with Crippen LogP contribution in [0.15, 0.2) is 5.38 Å². The second-order valence-corrected chi connectivity index (χ2v) is 5.01. The molecule has 0 saturated heterocycles. The molecule has 0 amide bonds. The van der Waals surface area contributed by atoms with Crippen LogP contribution in [0.2, 0.25) is 0 Å². The number of nitrogens with zero attached hydrogens (tertiary/aromatic N) is 2. The summed E-state index contributed by atoms with van der Waals surface area (Å²) in [6.45, 7) is 4.14. The maximum atomic E-state index is 12.1. The molecule has 7 heteroatoms. The van der Waals surface area contributed by atoms with Crippen LogP contribution in [0.5, 0.6) is 0 Å². The Balaban J connectivity index is 2.07. The van der Waals surface area contributed by atoms with Crippen molar-refractivity contribution in [3.63, 3.8) is 0 Å². The van der Waals surface area contributed by atoms with Crippen molar-refractivity contribution >= 4 is 16.3 Å². The van der Waals surface area contributed by atoms with Crippen LogP contribution in [0.25, 0.3) is 4.96 Å². The first-order valence-corrected chi connectivity index (χ1v) is 6.47. The molecule has 2 aromatic heterocycles. The molecule has 2 rings (SSSR count). The van der Waals surface area contributed by atoms with E-state index in [-0.39, 0.29) is 6.54 Å². The van der Waals surface area contributed by atoms with E-state index in [2.05, 4.69) is 10.3 Å². The van der Waals surface area contributed by atoms with Gasteiger partial charge in [0.25, 0.3) is 6.43 Å². The van der Waals surface area contributed by atoms with Crippen LogP contribution in [0.4, 0.5) is 8.78 Å². The van der Waals surface area contributed by atoms with E-state index in [9.17, 15) is 8.78 Å². The Labute approximate surface area is 107 Å². The monoisotopic (exact) mass is 275 g/mol. The van der Waals surface area contributed by atoms with Gasteiger partial charge in [-0.15, -0.1) is 11.3 Å². The number of hydrogen-bond donors (Lipinski definition) is 2.